The normalized spacial score (nSPS) is 11.0. The Morgan fingerprint density at radius 2 is 1.94 bits per heavy atom. The molecular weight excluding hydrogens is 417 g/mol. The van der Waals surface area contributed by atoms with Crippen LogP contribution in [0.5, 0.6) is 5.75 Å². The summed E-state index contributed by atoms with van der Waals surface area (Å²) in [5.74, 6) is -0.138. The first kappa shape index (κ1) is 24.0. The number of methoxy groups -OCH3 is 1. The lowest BCUT2D eigenvalue weighted by Crippen LogP contribution is -2.50. The summed E-state index contributed by atoms with van der Waals surface area (Å²) >= 11 is 0. The van der Waals surface area contributed by atoms with Crippen molar-refractivity contribution in [3.05, 3.63) is 48.3 Å². The molecule has 0 saturated carbocycles. The van der Waals surface area contributed by atoms with Crippen molar-refractivity contribution < 1.29 is 14.3 Å². The number of benzene rings is 1. The molecule has 162 valence electrons. The van der Waals surface area contributed by atoms with Gasteiger partial charge in [-0.2, -0.15) is 5.10 Å². The number of nitrogens with zero attached hydrogens (tertiary/aromatic N) is 3. The zero-order valence-electron chi connectivity index (χ0n) is 18.5. The highest BCUT2D eigenvalue weighted by Gasteiger charge is 2.20. The van der Waals surface area contributed by atoms with Crippen molar-refractivity contribution in [2.24, 2.45) is 7.05 Å². The van der Waals surface area contributed by atoms with Crippen LogP contribution in [0.4, 0.5) is 17.2 Å². The zero-order valence-corrected chi connectivity index (χ0v) is 18.5. The molecule has 0 aliphatic carbocycles. The van der Waals surface area contributed by atoms with Crippen LogP contribution in [0.25, 0.3) is 11.3 Å². The first-order valence-electron chi connectivity index (χ1n) is 10.0. The van der Waals surface area contributed by atoms with E-state index >= 15 is 0 Å². The van der Waals surface area contributed by atoms with Crippen molar-refractivity contribution in [1.82, 2.24) is 20.1 Å². The Morgan fingerprint density at radius 1 is 1.18 bits per heavy atom. The lowest BCUT2D eigenvalue weighted by atomic mass is 9.49. The average molecular weight is 438 g/mol. The summed E-state index contributed by atoms with van der Waals surface area (Å²) in [5, 5.41) is 10.6. The van der Waals surface area contributed by atoms with Gasteiger partial charge in [-0.25, -0.2) is 4.98 Å². The largest absolute Gasteiger partial charge is 0.494 e. The van der Waals surface area contributed by atoms with Gasteiger partial charge in [0.05, 0.1) is 53.3 Å². The molecule has 9 nitrogen and oxygen atoms in total. The number of aryl methyl sites for hydroxylation is 1. The average Bonchev–Trinajstić information content (AvgIpc) is 3.18. The minimum atomic E-state index is -1.93. The van der Waals surface area contributed by atoms with Crippen LogP contribution in [-0.2, 0) is 11.8 Å². The van der Waals surface area contributed by atoms with Crippen molar-refractivity contribution in [2.45, 2.75) is 18.6 Å². The lowest BCUT2D eigenvalue weighted by Gasteiger charge is -2.23. The van der Waals surface area contributed by atoms with Crippen molar-refractivity contribution in [3.8, 4) is 17.0 Å². The number of anilines is 3. The number of ether oxygens (including phenoxy) is 1. The predicted molar refractivity (Wildman–Crippen MR) is 129 cm³/mol. The maximum absolute atomic E-state index is 12.7. The summed E-state index contributed by atoms with van der Waals surface area (Å²) in [5.41, 5.74) is 2.41. The Balaban J connectivity index is 2.06. The number of aromatic nitrogens is 3. The molecule has 2 amide bonds. The van der Waals surface area contributed by atoms with Crippen LogP contribution in [0.3, 0.4) is 0 Å². The molecule has 0 spiro atoms. The molecular formula is C21H21B3N6O3. The monoisotopic (exact) mass is 438 g/mol. The Labute approximate surface area is 195 Å². The number of rotatable bonds is 8. The van der Waals surface area contributed by atoms with Gasteiger partial charge in [0.2, 0.25) is 5.91 Å². The molecule has 2 aromatic heterocycles. The van der Waals surface area contributed by atoms with Crippen molar-refractivity contribution >= 4 is 52.5 Å². The van der Waals surface area contributed by atoms with E-state index in [1.54, 1.807) is 17.7 Å². The molecule has 1 aromatic carbocycles. The van der Waals surface area contributed by atoms with Crippen molar-refractivity contribution in [1.29, 1.82) is 0 Å². The highest BCUT2D eigenvalue weighted by atomic mass is 16.5. The fourth-order valence-corrected chi connectivity index (χ4v) is 3.06. The third-order valence-electron chi connectivity index (χ3n) is 4.55. The fraction of sp³-hybridized carbons (Fsp3) is 0.238. The molecule has 0 aliphatic rings. The van der Waals surface area contributed by atoms with E-state index in [2.05, 4.69) is 26.0 Å². The van der Waals surface area contributed by atoms with Gasteiger partial charge < -0.3 is 20.7 Å². The zero-order chi connectivity index (χ0) is 24.2. The molecule has 6 radical (unpaired) electrons. The number of hydrogen-bond donors (Lipinski definition) is 3. The van der Waals surface area contributed by atoms with Gasteiger partial charge in [0.15, 0.2) is 5.75 Å². The van der Waals surface area contributed by atoms with Gasteiger partial charge in [-0.3, -0.25) is 14.3 Å². The second-order valence-electron chi connectivity index (χ2n) is 7.29. The van der Waals surface area contributed by atoms with Crippen molar-refractivity contribution in [2.75, 3.05) is 17.7 Å². The van der Waals surface area contributed by atoms with Crippen molar-refractivity contribution in [3.63, 3.8) is 0 Å². The molecule has 0 unspecified atom stereocenters. The molecule has 0 atom stereocenters. The highest BCUT2D eigenvalue weighted by Crippen LogP contribution is 2.38. The Bertz CT molecular complexity index is 1180. The van der Waals surface area contributed by atoms with E-state index in [9.17, 15) is 9.59 Å². The third kappa shape index (κ3) is 5.97. The number of hydrogen-bond acceptors (Lipinski definition) is 6. The van der Waals surface area contributed by atoms with Gasteiger partial charge in [-0.15, -0.1) is 0 Å². The van der Waals surface area contributed by atoms with E-state index < -0.39 is 11.1 Å². The molecule has 3 rings (SSSR count). The summed E-state index contributed by atoms with van der Waals surface area (Å²) in [7, 11) is 19.9. The number of para-hydroxylation sites is 1. The first-order valence-corrected chi connectivity index (χ1v) is 10.0. The van der Waals surface area contributed by atoms with Gasteiger partial charge in [-0.05, 0) is 18.2 Å². The Morgan fingerprint density at radius 3 is 2.55 bits per heavy atom. The van der Waals surface area contributed by atoms with E-state index in [1.165, 1.54) is 19.4 Å². The molecule has 2 heterocycles. The molecule has 0 bridgehead atoms. The van der Waals surface area contributed by atoms with Gasteiger partial charge in [0, 0.05) is 37.5 Å². The molecule has 0 fully saturated rings. The second kappa shape index (κ2) is 9.85. The SMILES string of the molecule is [B]C([B])([B])NC(=O)c1cnc(NC(=O)CC)cc1Nc1cccc(-c2ccn(C)n2)c1OC. The van der Waals surface area contributed by atoms with Gasteiger partial charge in [0.1, 0.15) is 5.82 Å². The topological polar surface area (TPSA) is 110 Å². The van der Waals surface area contributed by atoms with E-state index in [0.717, 1.165) is 5.56 Å². The van der Waals surface area contributed by atoms with Crippen LogP contribution in [0.1, 0.15) is 23.7 Å². The Hall–Kier alpha value is -3.69. The molecule has 0 saturated heterocycles. The molecule has 3 N–H and O–H groups in total. The molecule has 0 aliphatic heterocycles. The maximum atomic E-state index is 12.7. The smallest absolute Gasteiger partial charge is 0.253 e. The van der Waals surface area contributed by atoms with E-state index in [-0.39, 0.29) is 23.7 Å². The quantitative estimate of drug-likeness (QED) is 0.460. The predicted octanol–water partition coefficient (Wildman–Crippen LogP) is 1.43. The van der Waals surface area contributed by atoms with Crippen LogP contribution in [0.15, 0.2) is 42.7 Å². The number of pyridine rings is 1. The van der Waals surface area contributed by atoms with Crippen LogP contribution >= 0.6 is 0 Å². The van der Waals surface area contributed by atoms with Gasteiger partial charge in [0.25, 0.3) is 5.91 Å². The van der Waals surface area contributed by atoms with E-state index in [4.69, 9.17) is 28.3 Å². The molecule has 12 heteroatoms. The number of amides is 2. The number of nitrogens with one attached hydrogen (secondary N) is 3. The molecule has 33 heavy (non-hydrogen) atoms. The summed E-state index contributed by atoms with van der Waals surface area (Å²) in [6, 6.07) is 8.83. The number of carbonyl (C=O) groups excluding carboxylic acids is 2. The lowest BCUT2D eigenvalue weighted by molar-refractivity contribution is -0.115. The molecule has 3 aromatic rings. The summed E-state index contributed by atoms with van der Waals surface area (Å²) < 4.78 is 7.33. The standard InChI is InChI=1S/C21H21B3N6O3/c1-4-18(31)27-17-10-16(13(11-25-17)20(32)28-21(22,23)24)26-15-7-5-6-12(19(15)33-3)14-8-9-30(2)29-14/h5-11H,4H2,1-3H3,(H,28,32)(H2,25,26,27,31). The van der Waals surface area contributed by atoms with Gasteiger partial charge in [-0.1, -0.05) is 18.2 Å². The number of carbonyl (C=O) groups is 2. The minimum Gasteiger partial charge on any atom is -0.494 e. The highest BCUT2D eigenvalue weighted by molar-refractivity contribution is 6.60. The first-order chi connectivity index (χ1) is 15.6. The van der Waals surface area contributed by atoms with Crippen LogP contribution in [0, 0.1) is 0 Å². The van der Waals surface area contributed by atoms with Crippen LogP contribution in [0.2, 0.25) is 0 Å². The summed E-state index contributed by atoms with van der Waals surface area (Å²) in [6.45, 7) is 1.72. The fourth-order valence-electron chi connectivity index (χ4n) is 3.06. The summed E-state index contributed by atoms with van der Waals surface area (Å²) in [4.78, 5) is 28.7. The third-order valence-corrected chi connectivity index (χ3v) is 4.55. The minimum absolute atomic E-state index is 0.0977. The van der Waals surface area contributed by atoms with E-state index in [0.29, 0.717) is 22.8 Å². The van der Waals surface area contributed by atoms with Crippen LogP contribution in [-0.4, -0.2) is 62.5 Å². The summed E-state index contributed by atoms with van der Waals surface area (Å²) in [6.07, 6.45) is 3.37. The van der Waals surface area contributed by atoms with Gasteiger partial charge >= 0.3 is 0 Å². The van der Waals surface area contributed by atoms with Crippen LogP contribution < -0.4 is 20.7 Å². The Kier molecular flexibility index (Phi) is 7.15. The van der Waals surface area contributed by atoms with E-state index in [1.807, 2.05) is 31.4 Å². The maximum Gasteiger partial charge on any atom is 0.253 e. The second-order valence-corrected chi connectivity index (χ2v) is 7.29.